The van der Waals surface area contributed by atoms with Gasteiger partial charge in [0.15, 0.2) is 0 Å². The van der Waals surface area contributed by atoms with E-state index in [-0.39, 0.29) is 18.0 Å². The normalized spacial score (nSPS) is 7.50. The SMILES string of the molecule is Nc1ccccc1.[AsH3]. The third-order valence-electron chi connectivity index (χ3n) is 0.800. The molecule has 0 aliphatic heterocycles. The molecule has 0 amide bonds. The van der Waals surface area contributed by atoms with Crippen molar-refractivity contribution in [3.8, 4) is 0 Å². The van der Waals surface area contributed by atoms with E-state index in [1.807, 2.05) is 30.3 Å². The number of rotatable bonds is 0. The maximum atomic E-state index is 5.36. The van der Waals surface area contributed by atoms with Crippen molar-refractivity contribution >= 4 is 23.6 Å². The molecule has 1 aromatic rings. The molecule has 1 atom stereocenters. The summed E-state index contributed by atoms with van der Waals surface area (Å²) in [5.74, 6) is 0. The molecule has 2 N–H and O–H groups in total. The summed E-state index contributed by atoms with van der Waals surface area (Å²) >= 11 is 0. The summed E-state index contributed by atoms with van der Waals surface area (Å²) in [6.07, 6.45) is 0. The predicted molar refractivity (Wildman–Crippen MR) is 40.8 cm³/mol. The van der Waals surface area contributed by atoms with Crippen molar-refractivity contribution in [1.82, 2.24) is 0 Å². The van der Waals surface area contributed by atoms with E-state index >= 15 is 0 Å². The van der Waals surface area contributed by atoms with E-state index in [2.05, 4.69) is 0 Å². The topological polar surface area (TPSA) is 26.0 Å². The first-order chi connectivity index (χ1) is 3.39. The Morgan fingerprint density at radius 2 is 1.50 bits per heavy atom. The van der Waals surface area contributed by atoms with E-state index in [0.717, 1.165) is 5.69 Å². The van der Waals surface area contributed by atoms with Crippen LogP contribution in [-0.4, -0.2) is 18.0 Å². The first-order valence-electron chi connectivity index (χ1n) is 2.20. The monoisotopic (exact) mass is 171 g/mol. The van der Waals surface area contributed by atoms with Crippen LogP contribution in [0.15, 0.2) is 30.3 Å². The summed E-state index contributed by atoms with van der Waals surface area (Å²) in [7, 11) is 0. The van der Waals surface area contributed by atoms with E-state index in [9.17, 15) is 0 Å². The van der Waals surface area contributed by atoms with Crippen LogP contribution in [0.1, 0.15) is 0 Å². The van der Waals surface area contributed by atoms with Gasteiger partial charge in [0.05, 0.1) is 0 Å². The predicted octanol–water partition coefficient (Wildman–Crippen LogP) is 0.0849. The van der Waals surface area contributed by atoms with Gasteiger partial charge in [-0.05, 0) is 12.1 Å². The van der Waals surface area contributed by atoms with Gasteiger partial charge < -0.3 is 5.73 Å². The molecule has 0 aliphatic rings. The van der Waals surface area contributed by atoms with Gasteiger partial charge >= 0.3 is 18.0 Å². The number of anilines is 1. The van der Waals surface area contributed by atoms with Gasteiger partial charge in [0.2, 0.25) is 0 Å². The molecule has 0 bridgehead atoms. The molecule has 1 unspecified atom stereocenters. The fourth-order valence-electron chi connectivity index (χ4n) is 0.453. The van der Waals surface area contributed by atoms with Crippen molar-refractivity contribution < 1.29 is 0 Å². The van der Waals surface area contributed by atoms with Crippen LogP contribution in [0.25, 0.3) is 0 Å². The Morgan fingerprint density at radius 3 is 1.75 bits per heavy atom. The molecular weight excluding hydrogens is 161 g/mol. The van der Waals surface area contributed by atoms with Gasteiger partial charge in [-0.1, -0.05) is 18.2 Å². The van der Waals surface area contributed by atoms with Crippen molar-refractivity contribution in [1.29, 1.82) is 0 Å². The van der Waals surface area contributed by atoms with E-state index in [1.165, 1.54) is 0 Å². The van der Waals surface area contributed by atoms with Crippen LogP contribution in [0.3, 0.4) is 0 Å². The van der Waals surface area contributed by atoms with Gasteiger partial charge in [0.1, 0.15) is 0 Å². The number of nitrogen functional groups attached to an aromatic ring is 1. The van der Waals surface area contributed by atoms with Crippen LogP contribution in [-0.2, 0) is 0 Å². The number of hydrogen-bond acceptors (Lipinski definition) is 1. The Hall–Kier alpha value is -0.422. The minimum absolute atomic E-state index is 0. The average molecular weight is 171 g/mol. The third kappa shape index (κ3) is 2.04. The van der Waals surface area contributed by atoms with E-state index in [0.29, 0.717) is 0 Å². The molecule has 1 aromatic carbocycles. The van der Waals surface area contributed by atoms with Gasteiger partial charge in [-0.2, -0.15) is 0 Å². The molecule has 8 heavy (non-hydrogen) atoms. The molecule has 1 rings (SSSR count). The Kier molecular flexibility index (Phi) is 3.38. The van der Waals surface area contributed by atoms with Crippen LogP contribution in [0.2, 0.25) is 0 Å². The van der Waals surface area contributed by atoms with Gasteiger partial charge in [-0.3, -0.25) is 0 Å². The summed E-state index contributed by atoms with van der Waals surface area (Å²) in [6.45, 7) is 0. The van der Waals surface area contributed by atoms with E-state index in [1.54, 1.807) is 0 Å². The second-order valence-corrected chi connectivity index (χ2v) is 1.41. The maximum absolute atomic E-state index is 5.36. The molecule has 0 saturated heterocycles. The second-order valence-electron chi connectivity index (χ2n) is 1.41. The van der Waals surface area contributed by atoms with Crippen LogP contribution in [0, 0.1) is 0 Å². The zero-order valence-electron chi connectivity index (χ0n) is 4.67. The molecule has 0 aromatic heterocycles. The Balaban J connectivity index is 0.000000490. The number of nitrogens with two attached hydrogens (primary N) is 1. The minimum atomic E-state index is 0. The molecule has 44 valence electrons. The van der Waals surface area contributed by atoms with Gasteiger partial charge in [-0.15, -0.1) is 0 Å². The third-order valence-corrected chi connectivity index (χ3v) is 0.800. The first kappa shape index (κ1) is 7.58. The molecule has 0 saturated carbocycles. The van der Waals surface area contributed by atoms with Crippen LogP contribution >= 0.6 is 0 Å². The second kappa shape index (κ2) is 3.56. The molecule has 0 fully saturated rings. The summed E-state index contributed by atoms with van der Waals surface area (Å²) in [5, 5.41) is 0. The number of para-hydroxylation sites is 1. The van der Waals surface area contributed by atoms with Crippen molar-refractivity contribution in [2.75, 3.05) is 5.73 Å². The average Bonchev–Trinajstić information content (AvgIpc) is 1.69. The van der Waals surface area contributed by atoms with Crippen molar-refractivity contribution in [2.45, 2.75) is 0 Å². The van der Waals surface area contributed by atoms with Crippen LogP contribution in [0.5, 0.6) is 0 Å². The Morgan fingerprint density at radius 1 is 1.00 bits per heavy atom. The van der Waals surface area contributed by atoms with Crippen LogP contribution in [0.4, 0.5) is 5.69 Å². The van der Waals surface area contributed by atoms with Crippen LogP contribution < -0.4 is 5.73 Å². The molecule has 1 nitrogen and oxygen atoms in total. The van der Waals surface area contributed by atoms with Gasteiger partial charge in [0, 0.05) is 5.69 Å². The van der Waals surface area contributed by atoms with Gasteiger partial charge in [-0.25, -0.2) is 0 Å². The quantitative estimate of drug-likeness (QED) is 0.434. The fourth-order valence-corrected chi connectivity index (χ4v) is 0.453. The summed E-state index contributed by atoms with van der Waals surface area (Å²) < 4.78 is 0. The van der Waals surface area contributed by atoms with E-state index < -0.39 is 0 Å². The zero-order chi connectivity index (χ0) is 5.11. The molecule has 0 spiro atoms. The number of benzene rings is 1. The fraction of sp³-hybridized carbons (Fsp3) is 0. The Bertz CT molecular complexity index is 138. The summed E-state index contributed by atoms with van der Waals surface area (Å²) in [6, 6.07) is 9.49. The van der Waals surface area contributed by atoms with Gasteiger partial charge in [0.25, 0.3) is 0 Å². The molecule has 2 heteroatoms. The molecule has 0 aliphatic carbocycles. The number of hydrogen-bond donors (Lipinski definition) is 1. The molecule has 0 heterocycles. The molecule has 0 radical (unpaired) electrons. The Labute approximate surface area is 60.2 Å². The van der Waals surface area contributed by atoms with Crippen molar-refractivity contribution in [3.63, 3.8) is 0 Å². The summed E-state index contributed by atoms with van der Waals surface area (Å²) in [5.41, 5.74) is 6.18. The standard InChI is InChI=1S/C6H7N.AsH3/c7-6-4-2-1-3-5-6;/h1-5H,7H2;1H3. The zero-order valence-corrected chi connectivity index (χ0v) is 7.64. The summed E-state index contributed by atoms with van der Waals surface area (Å²) in [4.78, 5) is 0. The first-order valence-corrected chi connectivity index (χ1v) is 2.20. The van der Waals surface area contributed by atoms with Crippen molar-refractivity contribution in [2.24, 2.45) is 0 Å². The molecular formula is C6H10AsN. The van der Waals surface area contributed by atoms with Crippen molar-refractivity contribution in [3.05, 3.63) is 30.3 Å². The van der Waals surface area contributed by atoms with E-state index in [4.69, 9.17) is 5.73 Å².